The van der Waals surface area contributed by atoms with Gasteiger partial charge in [0.2, 0.25) is 21.0 Å². The van der Waals surface area contributed by atoms with Crippen LogP contribution in [0.1, 0.15) is 6.92 Å². The summed E-state index contributed by atoms with van der Waals surface area (Å²) < 4.78 is 28.9. The quantitative estimate of drug-likeness (QED) is 0.281. The maximum Gasteiger partial charge on any atom is 0.365 e. The molecule has 1 N–H and O–H groups in total. The molecule has 0 fully saturated rings. The lowest BCUT2D eigenvalue weighted by molar-refractivity contribution is -0.140. The van der Waals surface area contributed by atoms with Crippen LogP contribution in [0.15, 0.2) is 51.9 Å². The summed E-state index contributed by atoms with van der Waals surface area (Å²) in [7, 11) is -3.93. The number of rotatable bonds is 6. The molecule has 0 aliphatic carbocycles. The highest BCUT2D eigenvalue weighted by Gasteiger charge is 2.29. The predicted octanol–water partition coefficient (Wildman–Crippen LogP) is 2.12. The third-order valence-electron chi connectivity index (χ3n) is 2.47. The summed E-state index contributed by atoms with van der Waals surface area (Å²) in [5.74, 6) is -2.69. The number of halogens is 1. The topological polar surface area (TPSA) is 110 Å². The van der Waals surface area contributed by atoms with Gasteiger partial charge in [-0.25, -0.2) is 13.2 Å². The minimum atomic E-state index is -3.93. The Morgan fingerprint density at radius 3 is 2.43 bits per heavy atom. The molecule has 0 aromatic heterocycles. The van der Waals surface area contributed by atoms with Crippen molar-refractivity contribution in [2.45, 2.75) is 17.3 Å². The normalized spacial score (nSPS) is 14.0. The van der Waals surface area contributed by atoms with Gasteiger partial charge >= 0.3 is 5.97 Å². The molecule has 0 saturated heterocycles. The van der Waals surface area contributed by atoms with E-state index in [9.17, 15) is 23.2 Å². The lowest BCUT2D eigenvalue weighted by Crippen LogP contribution is -2.25. The highest BCUT2D eigenvalue weighted by Crippen LogP contribution is 2.18. The second-order valence-corrected chi connectivity index (χ2v) is 6.34. The molecule has 7 nitrogen and oxygen atoms in total. The molecule has 1 rings (SSSR count). The van der Waals surface area contributed by atoms with E-state index in [2.05, 4.69) is 9.91 Å². The van der Waals surface area contributed by atoms with E-state index in [-0.39, 0.29) is 4.90 Å². The number of carbonyl (C=O) groups is 1. The Morgan fingerprint density at radius 1 is 1.38 bits per heavy atom. The van der Waals surface area contributed by atoms with E-state index in [0.717, 1.165) is 6.92 Å². The van der Waals surface area contributed by atoms with Crippen molar-refractivity contribution in [1.82, 2.24) is 0 Å². The van der Waals surface area contributed by atoms with Crippen molar-refractivity contribution >= 4 is 27.4 Å². The highest BCUT2D eigenvalue weighted by atomic mass is 35.5. The molecule has 1 aromatic carbocycles. The smallest absolute Gasteiger partial charge is 0.365 e. The van der Waals surface area contributed by atoms with E-state index < -0.39 is 38.6 Å². The molecular formula is C12H12ClNO6S. The van der Waals surface area contributed by atoms with Crippen LogP contribution in [-0.4, -0.2) is 30.8 Å². The van der Waals surface area contributed by atoms with Crippen molar-refractivity contribution in [3.8, 4) is 0 Å². The number of hydrogen-bond donors (Lipinski definition) is 1. The molecule has 0 aliphatic heterocycles. The number of nitrogens with zero attached hydrogens (tertiary/aromatic N) is 1. The van der Waals surface area contributed by atoms with Gasteiger partial charge in [-0.1, -0.05) is 18.2 Å². The van der Waals surface area contributed by atoms with E-state index >= 15 is 0 Å². The third kappa shape index (κ3) is 4.02. The molecule has 114 valence electrons. The fraction of sp³-hybridized carbons (Fsp3) is 0.250. The first kappa shape index (κ1) is 17.1. The monoisotopic (exact) mass is 333 g/mol. The van der Waals surface area contributed by atoms with Crippen LogP contribution in [-0.2, 0) is 19.4 Å². The SMILES string of the molecule is CC(OC(=O)C(N=O)=C(O)CCl)S(=O)(=O)c1ccccc1. The summed E-state index contributed by atoms with van der Waals surface area (Å²) in [6.45, 7) is 1.13. The van der Waals surface area contributed by atoms with Crippen LogP contribution in [0.3, 0.4) is 0 Å². The first-order chi connectivity index (χ1) is 9.84. The van der Waals surface area contributed by atoms with Gasteiger partial charge in [0, 0.05) is 0 Å². The number of hydrogen-bond acceptors (Lipinski definition) is 7. The number of nitroso groups, excluding NO2 is 1. The molecule has 0 spiro atoms. The Bertz CT molecular complexity index is 656. The number of aliphatic hydroxyl groups excluding tert-OH is 1. The van der Waals surface area contributed by atoms with Gasteiger partial charge in [-0.05, 0) is 24.2 Å². The van der Waals surface area contributed by atoms with Gasteiger partial charge in [-0.15, -0.1) is 16.5 Å². The van der Waals surface area contributed by atoms with Crippen LogP contribution in [0.5, 0.6) is 0 Å². The summed E-state index contributed by atoms with van der Waals surface area (Å²) in [6.07, 6.45) is 0. The number of allylic oxidation sites excluding steroid dienone is 1. The zero-order chi connectivity index (χ0) is 16.0. The molecule has 1 unspecified atom stereocenters. The van der Waals surface area contributed by atoms with Gasteiger partial charge in [0.25, 0.3) is 0 Å². The number of aliphatic hydroxyl groups is 1. The molecule has 9 heteroatoms. The lowest BCUT2D eigenvalue weighted by atomic mass is 10.4. The van der Waals surface area contributed by atoms with Gasteiger partial charge in [0.15, 0.2) is 0 Å². The number of benzene rings is 1. The molecule has 0 aliphatic rings. The lowest BCUT2D eigenvalue weighted by Gasteiger charge is -2.14. The van der Waals surface area contributed by atoms with Gasteiger partial charge in [0.1, 0.15) is 5.76 Å². The Balaban J connectivity index is 2.99. The number of sulfone groups is 1. The third-order valence-corrected chi connectivity index (χ3v) is 4.62. The van der Waals surface area contributed by atoms with E-state index in [0.29, 0.717) is 0 Å². The number of ether oxygens (including phenoxy) is 1. The zero-order valence-corrected chi connectivity index (χ0v) is 12.5. The fourth-order valence-electron chi connectivity index (χ4n) is 1.34. The first-order valence-corrected chi connectivity index (χ1v) is 7.74. The minimum absolute atomic E-state index is 0.0449. The average molecular weight is 334 g/mol. The number of esters is 1. The second-order valence-electron chi connectivity index (χ2n) is 3.85. The zero-order valence-electron chi connectivity index (χ0n) is 10.9. The molecule has 0 amide bonds. The Hall–Kier alpha value is -1.93. The van der Waals surface area contributed by atoms with E-state index in [4.69, 9.17) is 11.6 Å². The van der Waals surface area contributed by atoms with Crippen molar-refractivity contribution in [1.29, 1.82) is 0 Å². The maximum atomic E-state index is 12.1. The van der Waals surface area contributed by atoms with Crippen molar-refractivity contribution < 1.29 is 23.1 Å². The predicted molar refractivity (Wildman–Crippen MR) is 75.4 cm³/mol. The van der Waals surface area contributed by atoms with Crippen molar-refractivity contribution in [3.05, 3.63) is 46.7 Å². The van der Waals surface area contributed by atoms with Crippen LogP contribution in [0, 0.1) is 4.91 Å². The van der Waals surface area contributed by atoms with E-state index in [1.165, 1.54) is 24.3 Å². The molecule has 0 bridgehead atoms. The molecule has 1 aromatic rings. The first-order valence-electron chi connectivity index (χ1n) is 5.66. The number of alkyl halides is 1. The molecule has 0 heterocycles. The summed E-state index contributed by atoms with van der Waals surface area (Å²) in [6, 6.07) is 7.33. The number of carbonyl (C=O) groups excluding carboxylic acids is 1. The van der Waals surface area contributed by atoms with Crippen molar-refractivity contribution in [2.24, 2.45) is 5.18 Å². The largest absolute Gasteiger partial charge is 0.508 e. The van der Waals surface area contributed by atoms with Gasteiger partial charge in [0.05, 0.1) is 10.8 Å². The molecular weight excluding hydrogens is 322 g/mol. The summed E-state index contributed by atoms with van der Waals surface area (Å²) in [5, 5.41) is 11.5. The molecule has 1 atom stereocenters. The van der Waals surface area contributed by atoms with Crippen molar-refractivity contribution in [3.63, 3.8) is 0 Å². The summed E-state index contributed by atoms with van der Waals surface area (Å²) in [4.78, 5) is 22.0. The van der Waals surface area contributed by atoms with Crippen LogP contribution in [0.4, 0.5) is 0 Å². The summed E-state index contributed by atoms with van der Waals surface area (Å²) in [5.41, 5.74) is -2.52. The summed E-state index contributed by atoms with van der Waals surface area (Å²) >= 11 is 5.26. The maximum absolute atomic E-state index is 12.1. The second kappa shape index (κ2) is 7.19. The fourth-order valence-corrected chi connectivity index (χ4v) is 2.60. The van der Waals surface area contributed by atoms with Crippen LogP contribution >= 0.6 is 11.6 Å². The van der Waals surface area contributed by atoms with E-state index in [1.54, 1.807) is 6.07 Å². The van der Waals surface area contributed by atoms with Gasteiger partial charge in [-0.3, -0.25) is 0 Å². The Labute approximate surface area is 126 Å². The standard InChI is InChI=1S/C12H12ClNO6S/c1-8(20-12(16)11(14-17)10(15)7-13)21(18,19)9-5-3-2-4-6-9/h2-6,8,15H,7H2,1H3. The van der Waals surface area contributed by atoms with Gasteiger partial charge in [-0.2, -0.15) is 0 Å². The van der Waals surface area contributed by atoms with E-state index in [1.807, 2.05) is 0 Å². The average Bonchev–Trinajstić information content (AvgIpc) is 2.48. The highest BCUT2D eigenvalue weighted by molar-refractivity contribution is 7.91. The van der Waals surface area contributed by atoms with Crippen LogP contribution in [0.2, 0.25) is 0 Å². The molecule has 0 saturated carbocycles. The Morgan fingerprint density at radius 2 is 1.95 bits per heavy atom. The Kier molecular flexibility index (Phi) is 5.86. The van der Waals surface area contributed by atoms with Gasteiger partial charge < -0.3 is 9.84 Å². The molecule has 0 radical (unpaired) electrons. The minimum Gasteiger partial charge on any atom is -0.508 e. The van der Waals surface area contributed by atoms with Crippen LogP contribution in [0.25, 0.3) is 0 Å². The molecule has 21 heavy (non-hydrogen) atoms. The van der Waals surface area contributed by atoms with Crippen LogP contribution < -0.4 is 0 Å². The van der Waals surface area contributed by atoms with Crippen molar-refractivity contribution in [2.75, 3.05) is 5.88 Å².